The molecule has 0 radical (unpaired) electrons. The number of hydrogen-bond acceptors (Lipinski definition) is 2. The predicted octanol–water partition coefficient (Wildman–Crippen LogP) is 2.55. The SMILES string of the molecule is Cn1cc(CC(N)Cc2cccc(C(F)(F)F)c2)cn1. The Hall–Kier alpha value is -1.82. The Bertz CT molecular complexity index is 575. The van der Waals surface area contributed by atoms with Crippen molar-refractivity contribution in [3.8, 4) is 0 Å². The normalized spacial score (nSPS) is 13.4. The molecule has 6 heteroatoms. The van der Waals surface area contributed by atoms with Gasteiger partial charge in [0.25, 0.3) is 0 Å². The van der Waals surface area contributed by atoms with Crippen LogP contribution in [0.5, 0.6) is 0 Å². The molecule has 1 aromatic heterocycles. The van der Waals surface area contributed by atoms with E-state index in [2.05, 4.69) is 5.10 Å². The Morgan fingerprint density at radius 1 is 1.25 bits per heavy atom. The van der Waals surface area contributed by atoms with Gasteiger partial charge in [-0.2, -0.15) is 18.3 Å². The fraction of sp³-hybridized carbons (Fsp3) is 0.357. The largest absolute Gasteiger partial charge is 0.416 e. The van der Waals surface area contributed by atoms with E-state index in [1.807, 2.05) is 13.2 Å². The first-order valence-corrected chi connectivity index (χ1v) is 6.24. The van der Waals surface area contributed by atoms with Gasteiger partial charge < -0.3 is 5.73 Å². The number of benzene rings is 1. The molecule has 0 aliphatic carbocycles. The fourth-order valence-corrected chi connectivity index (χ4v) is 2.13. The topological polar surface area (TPSA) is 43.8 Å². The number of nitrogens with two attached hydrogens (primary N) is 1. The van der Waals surface area contributed by atoms with Crippen molar-refractivity contribution in [3.05, 3.63) is 53.3 Å². The van der Waals surface area contributed by atoms with Gasteiger partial charge in [0.2, 0.25) is 0 Å². The van der Waals surface area contributed by atoms with E-state index in [1.165, 1.54) is 6.07 Å². The number of rotatable bonds is 4. The molecule has 0 aliphatic rings. The number of nitrogens with zero attached hydrogens (tertiary/aromatic N) is 2. The number of hydrogen-bond donors (Lipinski definition) is 1. The van der Waals surface area contributed by atoms with Crippen molar-refractivity contribution >= 4 is 0 Å². The predicted molar refractivity (Wildman–Crippen MR) is 70.0 cm³/mol. The van der Waals surface area contributed by atoms with Crippen molar-refractivity contribution in [2.24, 2.45) is 12.8 Å². The lowest BCUT2D eigenvalue weighted by Crippen LogP contribution is -2.25. The molecule has 0 spiro atoms. The van der Waals surface area contributed by atoms with E-state index < -0.39 is 11.7 Å². The third kappa shape index (κ3) is 3.84. The molecule has 0 saturated heterocycles. The Morgan fingerprint density at radius 3 is 2.55 bits per heavy atom. The minimum atomic E-state index is -4.32. The zero-order valence-corrected chi connectivity index (χ0v) is 11.1. The Kier molecular flexibility index (Phi) is 4.13. The van der Waals surface area contributed by atoms with Gasteiger partial charge in [-0.15, -0.1) is 0 Å². The zero-order chi connectivity index (χ0) is 14.8. The van der Waals surface area contributed by atoms with E-state index in [0.717, 1.165) is 17.7 Å². The Morgan fingerprint density at radius 2 is 1.95 bits per heavy atom. The summed E-state index contributed by atoms with van der Waals surface area (Å²) in [5, 5.41) is 4.04. The monoisotopic (exact) mass is 283 g/mol. The molecule has 1 heterocycles. The second-order valence-corrected chi connectivity index (χ2v) is 4.89. The van der Waals surface area contributed by atoms with Crippen LogP contribution in [-0.4, -0.2) is 15.8 Å². The van der Waals surface area contributed by atoms with Gasteiger partial charge in [-0.3, -0.25) is 4.68 Å². The minimum Gasteiger partial charge on any atom is -0.327 e. The maximum absolute atomic E-state index is 12.6. The van der Waals surface area contributed by atoms with E-state index in [1.54, 1.807) is 16.9 Å². The summed E-state index contributed by atoms with van der Waals surface area (Å²) >= 11 is 0. The molecule has 3 nitrogen and oxygen atoms in total. The third-order valence-electron chi connectivity index (χ3n) is 3.01. The molecule has 0 aliphatic heterocycles. The molecule has 2 N–H and O–H groups in total. The minimum absolute atomic E-state index is 0.234. The van der Waals surface area contributed by atoms with Crippen LogP contribution in [0.2, 0.25) is 0 Å². The number of aryl methyl sites for hydroxylation is 1. The van der Waals surface area contributed by atoms with Gasteiger partial charge in [-0.1, -0.05) is 18.2 Å². The summed E-state index contributed by atoms with van der Waals surface area (Å²) in [5.41, 5.74) is 6.92. The summed E-state index contributed by atoms with van der Waals surface area (Å²) in [6, 6.07) is 5.06. The van der Waals surface area contributed by atoms with E-state index in [-0.39, 0.29) is 6.04 Å². The average Bonchev–Trinajstić information content (AvgIpc) is 2.73. The number of aromatic nitrogens is 2. The smallest absolute Gasteiger partial charge is 0.327 e. The summed E-state index contributed by atoms with van der Waals surface area (Å²) in [6.45, 7) is 0. The van der Waals surface area contributed by atoms with Gasteiger partial charge in [-0.25, -0.2) is 0 Å². The van der Waals surface area contributed by atoms with Crippen molar-refractivity contribution < 1.29 is 13.2 Å². The van der Waals surface area contributed by atoms with Crippen molar-refractivity contribution in [2.75, 3.05) is 0 Å². The summed E-state index contributed by atoms with van der Waals surface area (Å²) in [4.78, 5) is 0. The third-order valence-corrected chi connectivity index (χ3v) is 3.01. The second-order valence-electron chi connectivity index (χ2n) is 4.89. The first kappa shape index (κ1) is 14.6. The molecule has 108 valence electrons. The Labute approximate surface area is 115 Å². The lowest BCUT2D eigenvalue weighted by molar-refractivity contribution is -0.137. The maximum atomic E-state index is 12.6. The standard InChI is InChI=1S/C14H16F3N3/c1-20-9-11(8-19-20)7-13(18)6-10-3-2-4-12(5-10)14(15,16)17/h2-5,8-9,13H,6-7,18H2,1H3. The van der Waals surface area contributed by atoms with E-state index in [0.29, 0.717) is 18.4 Å². The molecule has 0 bridgehead atoms. The molecular formula is C14H16F3N3. The molecule has 20 heavy (non-hydrogen) atoms. The van der Waals surface area contributed by atoms with Crippen LogP contribution in [0.25, 0.3) is 0 Å². The maximum Gasteiger partial charge on any atom is 0.416 e. The zero-order valence-electron chi connectivity index (χ0n) is 11.1. The Balaban J connectivity index is 2.02. The molecule has 2 rings (SSSR count). The van der Waals surface area contributed by atoms with Gasteiger partial charge in [-0.05, 0) is 30.0 Å². The van der Waals surface area contributed by atoms with Gasteiger partial charge in [0.15, 0.2) is 0 Å². The fourth-order valence-electron chi connectivity index (χ4n) is 2.13. The van der Waals surface area contributed by atoms with Crippen molar-refractivity contribution in [2.45, 2.75) is 25.1 Å². The van der Waals surface area contributed by atoms with E-state index in [9.17, 15) is 13.2 Å². The van der Waals surface area contributed by atoms with Crippen LogP contribution in [0.15, 0.2) is 36.7 Å². The van der Waals surface area contributed by atoms with Crippen molar-refractivity contribution in [1.29, 1.82) is 0 Å². The van der Waals surface area contributed by atoms with Crippen LogP contribution in [0, 0.1) is 0 Å². The first-order valence-electron chi connectivity index (χ1n) is 6.24. The molecule has 1 atom stereocenters. The quantitative estimate of drug-likeness (QED) is 0.937. The van der Waals surface area contributed by atoms with Gasteiger partial charge in [0.05, 0.1) is 11.8 Å². The van der Waals surface area contributed by atoms with Crippen LogP contribution in [-0.2, 0) is 26.1 Å². The highest BCUT2D eigenvalue weighted by atomic mass is 19.4. The molecule has 0 saturated carbocycles. The summed E-state index contributed by atoms with van der Waals surface area (Å²) < 4.78 is 39.5. The second kappa shape index (κ2) is 5.66. The summed E-state index contributed by atoms with van der Waals surface area (Å²) in [6.07, 6.45) is 0.240. The van der Waals surface area contributed by atoms with Crippen molar-refractivity contribution in [3.63, 3.8) is 0 Å². The molecule has 1 aromatic carbocycles. The van der Waals surface area contributed by atoms with Gasteiger partial charge in [0.1, 0.15) is 0 Å². The highest BCUT2D eigenvalue weighted by molar-refractivity contribution is 5.26. The number of halogens is 3. The lowest BCUT2D eigenvalue weighted by atomic mass is 10.00. The van der Waals surface area contributed by atoms with E-state index >= 15 is 0 Å². The van der Waals surface area contributed by atoms with Crippen LogP contribution in [0.3, 0.4) is 0 Å². The molecule has 0 fully saturated rings. The molecular weight excluding hydrogens is 267 g/mol. The molecule has 0 amide bonds. The van der Waals surface area contributed by atoms with Crippen LogP contribution >= 0.6 is 0 Å². The van der Waals surface area contributed by atoms with Crippen LogP contribution in [0.1, 0.15) is 16.7 Å². The van der Waals surface area contributed by atoms with Crippen molar-refractivity contribution in [1.82, 2.24) is 9.78 Å². The van der Waals surface area contributed by atoms with Crippen LogP contribution in [0.4, 0.5) is 13.2 Å². The summed E-state index contributed by atoms with van der Waals surface area (Å²) in [7, 11) is 1.81. The first-order chi connectivity index (χ1) is 9.34. The van der Waals surface area contributed by atoms with Gasteiger partial charge in [0, 0.05) is 19.3 Å². The number of alkyl halides is 3. The average molecular weight is 283 g/mol. The molecule has 2 aromatic rings. The lowest BCUT2D eigenvalue weighted by Gasteiger charge is -2.12. The van der Waals surface area contributed by atoms with E-state index in [4.69, 9.17) is 5.73 Å². The highest BCUT2D eigenvalue weighted by Crippen LogP contribution is 2.29. The van der Waals surface area contributed by atoms with Gasteiger partial charge >= 0.3 is 6.18 Å². The van der Waals surface area contributed by atoms with Crippen LogP contribution < -0.4 is 5.73 Å². The highest BCUT2D eigenvalue weighted by Gasteiger charge is 2.30. The molecule has 1 unspecified atom stereocenters. The summed E-state index contributed by atoms with van der Waals surface area (Å²) in [5.74, 6) is 0.